The van der Waals surface area contributed by atoms with Gasteiger partial charge in [-0.25, -0.2) is 0 Å². The Balaban J connectivity index is 2.70. The van der Waals surface area contributed by atoms with E-state index >= 15 is 0 Å². The molecule has 0 fully saturated rings. The van der Waals surface area contributed by atoms with E-state index in [9.17, 15) is 0 Å². The minimum atomic E-state index is 1.09. The zero-order chi connectivity index (χ0) is 11.3. The largest absolute Gasteiger partial charge is 0.299 e. The van der Waals surface area contributed by atoms with Crippen LogP contribution in [0, 0.1) is 13.8 Å². The van der Waals surface area contributed by atoms with Crippen molar-refractivity contribution in [1.82, 2.24) is 4.90 Å². The summed E-state index contributed by atoms with van der Waals surface area (Å²) in [4.78, 5) is 2.50. The molecule has 1 heteroatoms. The third-order valence-corrected chi connectivity index (χ3v) is 2.88. The maximum Gasteiger partial charge on any atom is 0.0236 e. The maximum atomic E-state index is 2.50. The Kier molecular flexibility index (Phi) is 4.83. The highest BCUT2D eigenvalue weighted by Gasteiger charge is 2.04. The predicted octanol–water partition coefficient (Wildman–Crippen LogP) is 3.54. The Hall–Kier alpha value is -0.820. The molecule has 15 heavy (non-hydrogen) atoms. The molecule has 0 aliphatic carbocycles. The number of hydrogen-bond acceptors (Lipinski definition) is 1. The lowest BCUT2D eigenvalue weighted by Gasteiger charge is -2.20. The molecule has 0 N–H and O–H groups in total. The zero-order valence-corrected chi connectivity index (χ0v) is 10.5. The molecule has 0 unspecified atom stereocenters. The van der Waals surface area contributed by atoms with E-state index in [1.165, 1.54) is 29.7 Å². The third kappa shape index (κ3) is 3.67. The Labute approximate surface area is 94.1 Å². The second kappa shape index (κ2) is 5.92. The van der Waals surface area contributed by atoms with Crippen molar-refractivity contribution >= 4 is 0 Å². The van der Waals surface area contributed by atoms with Crippen LogP contribution in [0.25, 0.3) is 0 Å². The Morgan fingerprint density at radius 3 is 2.40 bits per heavy atom. The SMILES string of the molecule is CCCN(CC)Cc1ccc(C)cc1C. The van der Waals surface area contributed by atoms with Crippen LogP contribution >= 0.6 is 0 Å². The van der Waals surface area contributed by atoms with E-state index in [0.29, 0.717) is 0 Å². The number of benzene rings is 1. The molecule has 1 rings (SSSR count). The van der Waals surface area contributed by atoms with Crippen molar-refractivity contribution in [2.24, 2.45) is 0 Å². The molecule has 0 saturated carbocycles. The first-order chi connectivity index (χ1) is 7.17. The zero-order valence-electron chi connectivity index (χ0n) is 10.5. The molecule has 0 aliphatic heterocycles. The molecule has 0 heterocycles. The average molecular weight is 205 g/mol. The lowest BCUT2D eigenvalue weighted by Crippen LogP contribution is -2.23. The monoisotopic (exact) mass is 205 g/mol. The van der Waals surface area contributed by atoms with E-state index < -0.39 is 0 Å². The number of nitrogens with zero attached hydrogens (tertiary/aromatic N) is 1. The summed E-state index contributed by atoms with van der Waals surface area (Å²) in [6, 6.07) is 6.75. The van der Waals surface area contributed by atoms with Crippen molar-refractivity contribution in [3.05, 3.63) is 34.9 Å². The van der Waals surface area contributed by atoms with Gasteiger partial charge in [0.15, 0.2) is 0 Å². The van der Waals surface area contributed by atoms with Crippen LogP contribution in [0.5, 0.6) is 0 Å². The normalized spacial score (nSPS) is 11.0. The van der Waals surface area contributed by atoms with Gasteiger partial charge in [-0.15, -0.1) is 0 Å². The molecule has 84 valence electrons. The number of rotatable bonds is 5. The topological polar surface area (TPSA) is 3.24 Å². The van der Waals surface area contributed by atoms with Gasteiger partial charge in [0.2, 0.25) is 0 Å². The van der Waals surface area contributed by atoms with Gasteiger partial charge in [0.25, 0.3) is 0 Å². The van der Waals surface area contributed by atoms with Crippen molar-refractivity contribution in [2.75, 3.05) is 13.1 Å². The molecule has 1 aromatic rings. The van der Waals surface area contributed by atoms with E-state index in [1.807, 2.05) is 0 Å². The van der Waals surface area contributed by atoms with Crippen LogP contribution in [0.4, 0.5) is 0 Å². The lowest BCUT2D eigenvalue weighted by atomic mass is 10.1. The maximum absolute atomic E-state index is 2.50. The van der Waals surface area contributed by atoms with Crippen molar-refractivity contribution in [1.29, 1.82) is 0 Å². The highest BCUT2D eigenvalue weighted by Crippen LogP contribution is 2.13. The van der Waals surface area contributed by atoms with Crippen LogP contribution in [0.2, 0.25) is 0 Å². The van der Waals surface area contributed by atoms with Crippen LogP contribution in [0.15, 0.2) is 18.2 Å². The van der Waals surface area contributed by atoms with Gasteiger partial charge in [-0.3, -0.25) is 4.90 Å². The first-order valence-electron chi connectivity index (χ1n) is 5.95. The van der Waals surface area contributed by atoms with Crippen LogP contribution in [0.1, 0.15) is 37.0 Å². The fraction of sp³-hybridized carbons (Fsp3) is 0.571. The van der Waals surface area contributed by atoms with Gasteiger partial charge in [0, 0.05) is 6.54 Å². The Bertz CT molecular complexity index is 304. The lowest BCUT2D eigenvalue weighted by molar-refractivity contribution is 0.280. The minimum absolute atomic E-state index is 1.09. The molecule has 1 aromatic carbocycles. The van der Waals surface area contributed by atoms with E-state index in [0.717, 1.165) is 13.1 Å². The molecular formula is C14H23N. The highest BCUT2D eigenvalue weighted by molar-refractivity contribution is 5.30. The minimum Gasteiger partial charge on any atom is -0.299 e. The van der Waals surface area contributed by atoms with E-state index in [-0.39, 0.29) is 0 Å². The van der Waals surface area contributed by atoms with Crippen molar-refractivity contribution in [2.45, 2.75) is 40.7 Å². The quantitative estimate of drug-likeness (QED) is 0.710. The predicted molar refractivity (Wildman–Crippen MR) is 67.2 cm³/mol. The standard InChI is InChI=1S/C14H23N/c1-5-9-15(6-2)11-14-8-7-12(3)10-13(14)4/h7-8,10H,5-6,9,11H2,1-4H3. The fourth-order valence-electron chi connectivity index (χ4n) is 1.93. The fourth-order valence-corrected chi connectivity index (χ4v) is 1.93. The van der Waals surface area contributed by atoms with Crippen LogP contribution in [-0.2, 0) is 6.54 Å². The third-order valence-electron chi connectivity index (χ3n) is 2.88. The molecule has 1 nitrogen and oxygen atoms in total. The van der Waals surface area contributed by atoms with E-state index in [2.05, 4.69) is 50.8 Å². The summed E-state index contributed by atoms with van der Waals surface area (Å²) in [7, 11) is 0. The first-order valence-corrected chi connectivity index (χ1v) is 5.95. The van der Waals surface area contributed by atoms with Crippen LogP contribution in [-0.4, -0.2) is 18.0 Å². The van der Waals surface area contributed by atoms with Gasteiger partial charge >= 0.3 is 0 Å². The summed E-state index contributed by atoms with van der Waals surface area (Å²) in [6.07, 6.45) is 1.23. The van der Waals surface area contributed by atoms with Gasteiger partial charge in [0.05, 0.1) is 0 Å². The van der Waals surface area contributed by atoms with Gasteiger partial charge in [-0.2, -0.15) is 0 Å². The van der Waals surface area contributed by atoms with E-state index in [1.54, 1.807) is 0 Å². The van der Waals surface area contributed by atoms with Gasteiger partial charge in [0.1, 0.15) is 0 Å². The summed E-state index contributed by atoms with van der Waals surface area (Å²) in [5.41, 5.74) is 4.25. The van der Waals surface area contributed by atoms with Gasteiger partial charge in [-0.1, -0.05) is 37.6 Å². The number of hydrogen-bond donors (Lipinski definition) is 0. The molecule has 0 aliphatic rings. The molecular weight excluding hydrogens is 182 g/mol. The second-order valence-electron chi connectivity index (χ2n) is 4.30. The number of aryl methyl sites for hydroxylation is 2. The molecule has 0 amide bonds. The molecule has 0 atom stereocenters. The average Bonchev–Trinajstić information content (AvgIpc) is 2.21. The first kappa shape index (κ1) is 12.3. The van der Waals surface area contributed by atoms with E-state index in [4.69, 9.17) is 0 Å². The van der Waals surface area contributed by atoms with Crippen molar-refractivity contribution in [3.63, 3.8) is 0 Å². The molecule has 0 saturated heterocycles. The van der Waals surface area contributed by atoms with Crippen LogP contribution in [0.3, 0.4) is 0 Å². The second-order valence-corrected chi connectivity index (χ2v) is 4.30. The van der Waals surface area contributed by atoms with Crippen molar-refractivity contribution < 1.29 is 0 Å². The molecule has 0 spiro atoms. The smallest absolute Gasteiger partial charge is 0.0236 e. The van der Waals surface area contributed by atoms with Crippen molar-refractivity contribution in [3.8, 4) is 0 Å². The molecule has 0 aromatic heterocycles. The molecule has 0 bridgehead atoms. The Morgan fingerprint density at radius 1 is 1.13 bits per heavy atom. The summed E-state index contributed by atoms with van der Waals surface area (Å²) >= 11 is 0. The summed E-state index contributed by atoms with van der Waals surface area (Å²) in [6.45, 7) is 12.3. The van der Waals surface area contributed by atoms with Gasteiger partial charge in [-0.05, 0) is 44.5 Å². The molecule has 0 radical (unpaired) electrons. The summed E-state index contributed by atoms with van der Waals surface area (Å²) < 4.78 is 0. The highest BCUT2D eigenvalue weighted by atomic mass is 15.1. The van der Waals surface area contributed by atoms with Gasteiger partial charge < -0.3 is 0 Å². The Morgan fingerprint density at radius 2 is 1.87 bits per heavy atom. The summed E-state index contributed by atoms with van der Waals surface area (Å²) in [5.74, 6) is 0. The van der Waals surface area contributed by atoms with Crippen LogP contribution < -0.4 is 0 Å². The summed E-state index contributed by atoms with van der Waals surface area (Å²) in [5, 5.41) is 0.